The predicted octanol–water partition coefficient (Wildman–Crippen LogP) is 2.42. The molecule has 1 N–H and O–H groups in total. The highest BCUT2D eigenvalue weighted by molar-refractivity contribution is 5.97. The molecular formula is C18H25NO3. The van der Waals surface area contributed by atoms with Crippen LogP contribution in [-0.4, -0.2) is 41.7 Å². The van der Waals surface area contributed by atoms with Gasteiger partial charge in [0.15, 0.2) is 0 Å². The molecule has 1 aromatic rings. The number of hydrogen-bond donors (Lipinski definition) is 1. The van der Waals surface area contributed by atoms with E-state index in [0.717, 1.165) is 19.3 Å². The van der Waals surface area contributed by atoms with Gasteiger partial charge in [0.2, 0.25) is 0 Å². The highest BCUT2D eigenvalue weighted by Crippen LogP contribution is 2.40. The molecule has 1 aliphatic heterocycles. The number of benzene rings is 1. The highest BCUT2D eigenvalue weighted by atomic mass is 16.5. The van der Waals surface area contributed by atoms with Crippen molar-refractivity contribution in [2.45, 2.75) is 45.6 Å². The minimum atomic E-state index is -0.868. The lowest BCUT2D eigenvalue weighted by molar-refractivity contribution is -0.0108. The SMILES string of the molecule is COc1cc2c(cc1C(=O)N1CC(C)(C)[C@@](C)(O)C1)CCC2. The lowest BCUT2D eigenvalue weighted by Crippen LogP contribution is -2.40. The normalized spacial score (nSPS) is 26.1. The Hall–Kier alpha value is -1.55. The number of aryl methyl sites for hydroxylation is 2. The van der Waals surface area contributed by atoms with Crippen molar-refractivity contribution in [2.75, 3.05) is 20.2 Å². The Kier molecular flexibility index (Phi) is 3.48. The summed E-state index contributed by atoms with van der Waals surface area (Å²) in [6.07, 6.45) is 3.23. The number of rotatable bonds is 2. The van der Waals surface area contributed by atoms with Gasteiger partial charge in [-0.3, -0.25) is 4.79 Å². The molecule has 1 saturated heterocycles. The number of methoxy groups -OCH3 is 1. The van der Waals surface area contributed by atoms with Gasteiger partial charge in [-0.1, -0.05) is 13.8 Å². The van der Waals surface area contributed by atoms with Crippen LogP contribution in [0.3, 0.4) is 0 Å². The summed E-state index contributed by atoms with van der Waals surface area (Å²) in [4.78, 5) is 14.7. The first-order chi connectivity index (χ1) is 10.2. The molecule has 1 heterocycles. The molecule has 4 heteroatoms. The minimum Gasteiger partial charge on any atom is -0.496 e. The zero-order chi connectivity index (χ0) is 16.1. The highest BCUT2D eigenvalue weighted by Gasteiger charge is 2.49. The van der Waals surface area contributed by atoms with Crippen molar-refractivity contribution in [3.63, 3.8) is 0 Å². The Morgan fingerprint density at radius 2 is 1.82 bits per heavy atom. The first kappa shape index (κ1) is 15.3. The van der Waals surface area contributed by atoms with Crippen molar-refractivity contribution >= 4 is 5.91 Å². The fourth-order valence-electron chi connectivity index (χ4n) is 3.54. The molecular weight excluding hydrogens is 278 g/mol. The standard InChI is InChI=1S/C18H25NO3/c1-17(2)10-19(11-18(17,3)21)16(20)14-8-12-6-5-7-13(12)9-15(14)22-4/h8-9,21H,5-7,10-11H2,1-4H3/t18-/m0/s1. The average Bonchev–Trinajstić information content (AvgIpc) is 2.98. The first-order valence-corrected chi connectivity index (χ1v) is 7.97. The van der Waals surface area contributed by atoms with E-state index in [9.17, 15) is 9.90 Å². The Bertz CT molecular complexity index is 603. The van der Waals surface area contributed by atoms with Crippen LogP contribution in [0.5, 0.6) is 5.75 Å². The van der Waals surface area contributed by atoms with Crippen molar-refractivity contribution in [1.29, 1.82) is 0 Å². The smallest absolute Gasteiger partial charge is 0.257 e. The number of ether oxygens (including phenoxy) is 1. The lowest BCUT2D eigenvalue weighted by Gasteiger charge is -2.30. The molecule has 22 heavy (non-hydrogen) atoms. The lowest BCUT2D eigenvalue weighted by atomic mass is 9.79. The number of likely N-dealkylation sites (tertiary alicyclic amines) is 1. The number of amides is 1. The largest absolute Gasteiger partial charge is 0.496 e. The fourth-order valence-corrected chi connectivity index (χ4v) is 3.54. The summed E-state index contributed by atoms with van der Waals surface area (Å²) in [7, 11) is 1.61. The molecule has 0 bridgehead atoms. The number of hydrogen-bond acceptors (Lipinski definition) is 3. The van der Waals surface area contributed by atoms with Crippen LogP contribution in [0, 0.1) is 5.41 Å². The van der Waals surface area contributed by atoms with Gasteiger partial charge < -0.3 is 14.7 Å². The third-order valence-electron chi connectivity index (χ3n) is 5.47. The predicted molar refractivity (Wildman–Crippen MR) is 85.3 cm³/mol. The van der Waals surface area contributed by atoms with E-state index in [1.807, 2.05) is 26.0 Å². The van der Waals surface area contributed by atoms with Crippen molar-refractivity contribution in [2.24, 2.45) is 5.41 Å². The van der Waals surface area contributed by atoms with E-state index >= 15 is 0 Å². The van der Waals surface area contributed by atoms with Gasteiger partial charge in [-0.25, -0.2) is 0 Å². The quantitative estimate of drug-likeness (QED) is 0.913. The number of carbonyl (C=O) groups is 1. The number of β-amino-alcohol motifs (C(OH)–C–C–N with tert-alkyl or cyclic N) is 1. The zero-order valence-electron chi connectivity index (χ0n) is 13.9. The van der Waals surface area contributed by atoms with Crippen molar-refractivity contribution in [3.05, 3.63) is 28.8 Å². The second-order valence-corrected chi connectivity index (χ2v) is 7.49. The van der Waals surface area contributed by atoms with Gasteiger partial charge >= 0.3 is 0 Å². The molecule has 0 spiro atoms. The number of carbonyl (C=O) groups excluding carboxylic acids is 1. The topological polar surface area (TPSA) is 49.8 Å². The van der Waals surface area contributed by atoms with Crippen LogP contribution in [0.4, 0.5) is 0 Å². The molecule has 4 nitrogen and oxygen atoms in total. The molecule has 3 rings (SSSR count). The molecule has 0 aromatic heterocycles. The number of nitrogens with zero attached hydrogens (tertiary/aromatic N) is 1. The fraction of sp³-hybridized carbons (Fsp3) is 0.611. The molecule has 2 aliphatic rings. The maximum atomic E-state index is 12.9. The van der Waals surface area contributed by atoms with Gasteiger partial charge in [0, 0.05) is 12.0 Å². The second-order valence-electron chi connectivity index (χ2n) is 7.49. The van der Waals surface area contributed by atoms with Gasteiger partial charge in [0.25, 0.3) is 5.91 Å². The summed E-state index contributed by atoms with van der Waals surface area (Å²) in [6.45, 7) is 6.72. The molecule has 0 unspecified atom stereocenters. The van der Waals surface area contributed by atoms with E-state index in [4.69, 9.17) is 4.74 Å². The van der Waals surface area contributed by atoms with Crippen molar-refractivity contribution in [3.8, 4) is 5.75 Å². The molecule has 120 valence electrons. The summed E-state index contributed by atoms with van der Waals surface area (Å²) in [6, 6.07) is 4.00. The third kappa shape index (κ3) is 2.30. The molecule has 0 radical (unpaired) electrons. The molecule has 1 aromatic carbocycles. The van der Waals surface area contributed by atoms with Crippen LogP contribution in [0.15, 0.2) is 12.1 Å². The van der Waals surface area contributed by atoms with Gasteiger partial charge in [0.05, 0.1) is 24.8 Å². The van der Waals surface area contributed by atoms with Crippen molar-refractivity contribution < 1.29 is 14.6 Å². The van der Waals surface area contributed by atoms with Crippen LogP contribution in [0.1, 0.15) is 48.7 Å². The maximum Gasteiger partial charge on any atom is 0.257 e. The first-order valence-electron chi connectivity index (χ1n) is 7.97. The zero-order valence-corrected chi connectivity index (χ0v) is 13.9. The van der Waals surface area contributed by atoms with Gasteiger partial charge in [-0.05, 0) is 49.4 Å². The number of aliphatic hydroxyl groups is 1. The van der Waals surface area contributed by atoms with Crippen LogP contribution in [0.25, 0.3) is 0 Å². The Labute approximate surface area is 132 Å². The average molecular weight is 303 g/mol. The van der Waals surface area contributed by atoms with Crippen LogP contribution >= 0.6 is 0 Å². The summed E-state index contributed by atoms with van der Waals surface area (Å²) >= 11 is 0. The molecule has 1 fully saturated rings. The number of fused-ring (bicyclic) bond motifs is 1. The van der Waals surface area contributed by atoms with Crippen molar-refractivity contribution in [1.82, 2.24) is 4.90 Å². The molecule has 1 atom stereocenters. The van der Waals surface area contributed by atoms with E-state index in [1.54, 1.807) is 18.9 Å². The van der Waals surface area contributed by atoms with E-state index < -0.39 is 5.60 Å². The minimum absolute atomic E-state index is 0.0441. The molecule has 1 aliphatic carbocycles. The Balaban J connectivity index is 1.93. The molecule has 0 saturated carbocycles. The van der Waals surface area contributed by atoms with Gasteiger partial charge in [-0.15, -0.1) is 0 Å². The van der Waals surface area contributed by atoms with E-state index in [2.05, 4.69) is 0 Å². The molecule has 1 amide bonds. The van der Waals surface area contributed by atoms with Crippen LogP contribution in [0.2, 0.25) is 0 Å². The van der Waals surface area contributed by atoms with Crippen LogP contribution in [-0.2, 0) is 12.8 Å². The Morgan fingerprint density at radius 1 is 1.18 bits per heavy atom. The second kappa shape index (κ2) is 4.98. The Morgan fingerprint density at radius 3 is 2.36 bits per heavy atom. The van der Waals surface area contributed by atoms with Crippen LogP contribution < -0.4 is 4.74 Å². The summed E-state index contributed by atoms with van der Waals surface area (Å²) in [5.41, 5.74) is 1.99. The monoisotopic (exact) mass is 303 g/mol. The van der Waals surface area contributed by atoms with E-state index in [0.29, 0.717) is 24.4 Å². The third-order valence-corrected chi connectivity index (χ3v) is 5.47. The van der Waals surface area contributed by atoms with Gasteiger partial charge in [0.1, 0.15) is 5.75 Å². The maximum absolute atomic E-state index is 12.9. The van der Waals surface area contributed by atoms with Gasteiger partial charge in [-0.2, -0.15) is 0 Å². The summed E-state index contributed by atoms with van der Waals surface area (Å²) < 4.78 is 5.45. The van der Waals surface area contributed by atoms with E-state index in [-0.39, 0.29) is 11.3 Å². The summed E-state index contributed by atoms with van der Waals surface area (Å²) in [5.74, 6) is 0.604. The summed E-state index contributed by atoms with van der Waals surface area (Å²) in [5, 5.41) is 10.5. The van der Waals surface area contributed by atoms with E-state index in [1.165, 1.54) is 11.1 Å².